The number of benzene rings is 3. The third kappa shape index (κ3) is 3.68. The average molecular weight is 453 g/mol. The van der Waals surface area contributed by atoms with Gasteiger partial charge in [0.15, 0.2) is 6.10 Å². The first-order chi connectivity index (χ1) is 16.6. The number of carbonyl (C=O) groups is 2. The lowest BCUT2D eigenvalue weighted by molar-refractivity contribution is -0.126. The van der Waals surface area contributed by atoms with E-state index in [2.05, 4.69) is 6.07 Å². The lowest BCUT2D eigenvalue weighted by Crippen LogP contribution is -2.37. The fourth-order valence-electron chi connectivity index (χ4n) is 4.47. The molecule has 7 heteroatoms. The Kier molecular flexibility index (Phi) is 5.74. The van der Waals surface area contributed by atoms with Crippen LogP contribution in [0.5, 0.6) is 5.75 Å². The summed E-state index contributed by atoms with van der Waals surface area (Å²) in [6.07, 6.45) is -0.0513. The largest absolute Gasteiger partial charge is 0.494 e. The van der Waals surface area contributed by atoms with E-state index in [1.165, 1.54) is 4.90 Å². The number of ether oxygens (including phenoxy) is 1. The molecule has 0 aliphatic carbocycles. The molecule has 0 N–H and O–H groups in total. The van der Waals surface area contributed by atoms with Gasteiger partial charge in [-0.15, -0.1) is 0 Å². The highest BCUT2D eigenvalue weighted by Crippen LogP contribution is 2.47. The van der Waals surface area contributed by atoms with Crippen LogP contribution in [0.3, 0.4) is 0 Å². The Morgan fingerprint density at radius 1 is 0.912 bits per heavy atom. The molecule has 0 bridgehead atoms. The lowest BCUT2D eigenvalue weighted by Gasteiger charge is -2.28. The molecule has 3 aromatic carbocycles. The molecule has 2 heterocycles. The van der Waals surface area contributed by atoms with Gasteiger partial charge in [0.2, 0.25) is 5.91 Å². The number of nitrogens with zero attached hydrogens (tertiary/aromatic N) is 3. The van der Waals surface area contributed by atoms with Crippen molar-refractivity contribution in [3.05, 3.63) is 90.0 Å². The molecule has 5 rings (SSSR count). The van der Waals surface area contributed by atoms with Crippen molar-refractivity contribution in [1.82, 2.24) is 0 Å². The second-order valence-electron chi connectivity index (χ2n) is 8.25. The van der Waals surface area contributed by atoms with Gasteiger partial charge in [-0.1, -0.05) is 37.3 Å². The molecular formula is C27H23N3O4. The quantitative estimate of drug-likeness (QED) is 0.515. The molecule has 0 aromatic heterocycles. The van der Waals surface area contributed by atoms with Crippen LogP contribution in [0.2, 0.25) is 0 Å². The third-order valence-electron chi connectivity index (χ3n) is 6.08. The van der Waals surface area contributed by atoms with Crippen LogP contribution >= 0.6 is 0 Å². The van der Waals surface area contributed by atoms with Crippen molar-refractivity contribution in [2.75, 3.05) is 16.6 Å². The van der Waals surface area contributed by atoms with E-state index in [-0.39, 0.29) is 5.91 Å². The van der Waals surface area contributed by atoms with Crippen molar-refractivity contribution in [3.63, 3.8) is 0 Å². The van der Waals surface area contributed by atoms with Crippen LogP contribution in [0.1, 0.15) is 30.5 Å². The molecule has 0 spiro atoms. The molecular weight excluding hydrogens is 430 g/mol. The van der Waals surface area contributed by atoms with Gasteiger partial charge in [0.1, 0.15) is 11.7 Å². The minimum absolute atomic E-state index is 0.315. The number of hydrogen-bond acceptors (Lipinski definition) is 6. The SMILES string of the molecule is CCCOc1ccc(N2C(=O)C3ON(c4ccccc4)C(c4ccc(C#N)cc4)C3C2=O)cc1. The molecule has 3 unspecified atom stereocenters. The van der Waals surface area contributed by atoms with Gasteiger partial charge in [-0.25, -0.2) is 9.96 Å². The molecule has 2 amide bonds. The second-order valence-corrected chi connectivity index (χ2v) is 8.25. The third-order valence-corrected chi connectivity index (χ3v) is 6.08. The molecule has 7 nitrogen and oxygen atoms in total. The van der Waals surface area contributed by atoms with Crippen LogP contribution in [0, 0.1) is 17.2 Å². The van der Waals surface area contributed by atoms with Crippen molar-refractivity contribution in [1.29, 1.82) is 5.26 Å². The lowest BCUT2D eigenvalue weighted by atomic mass is 9.90. The summed E-state index contributed by atoms with van der Waals surface area (Å²) >= 11 is 0. The molecule has 2 aliphatic heterocycles. The summed E-state index contributed by atoms with van der Waals surface area (Å²) in [6.45, 7) is 2.62. The number of imide groups is 1. The van der Waals surface area contributed by atoms with Crippen molar-refractivity contribution in [2.24, 2.45) is 5.92 Å². The van der Waals surface area contributed by atoms with Crippen LogP contribution in [-0.4, -0.2) is 24.5 Å². The summed E-state index contributed by atoms with van der Waals surface area (Å²) in [5, 5.41) is 10.8. The maximum absolute atomic E-state index is 13.7. The Morgan fingerprint density at radius 2 is 1.62 bits per heavy atom. The summed E-state index contributed by atoms with van der Waals surface area (Å²) in [4.78, 5) is 34.4. The van der Waals surface area contributed by atoms with Crippen molar-refractivity contribution in [2.45, 2.75) is 25.5 Å². The summed E-state index contributed by atoms with van der Waals surface area (Å²) in [6, 6.07) is 25.0. The Hall–Kier alpha value is -4.15. The molecule has 3 aromatic rings. The Balaban J connectivity index is 1.50. The van der Waals surface area contributed by atoms with E-state index >= 15 is 0 Å². The number of hydrogen-bond donors (Lipinski definition) is 0. The molecule has 2 fully saturated rings. The molecule has 170 valence electrons. The first-order valence-electron chi connectivity index (χ1n) is 11.2. The fraction of sp³-hybridized carbons (Fsp3) is 0.222. The predicted octanol–water partition coefficient (Wildman–Crippen LogP) is 4.40. The Morgan fingerprint density at radius 3 is 2.26 bits per heavy atom. The van der Waals surface area contributed by atoms with Crippen LogP contribution in [0.4, 0.5) is 11.4 Å². The highest BCUT2D eigenvalue weighted by molar-refractivity contribution is 6.23. The van der Waals surface area contributed by atoms with E-state index in [9.17, 15) is 14.9 Å². The number of rotatable bonds is 6. The zero-order chi connectivity index (χ0) is 23.7. The minimum Gasteiger partial charge on any atom is -0.494 e. The van der Waals surface area contributed by atoms with Crippen molar-refractivity contribution >= 4 is 23.2 Å². The fourth-order valence-corrected chi connectivity index (χ4v) is 4.47. The monoisotopic (exact) mass is 453 g/mol. The zero-order valence-corrected chi connectivity index (χ0v) is 18.6. The number of para-hydroxylation sites is 1. The topological polar surface area (TPSA) is 82.9 Å². The van der Waals surface area contributed by atoms with Crippen molar-refractivity contribution < 1.29 is 19.2 Å². The Bertz CT molecular complexity index is 1240. The van der Waals surface area contributed by atoms with E-state index in [1.54, 1.807) is 41.5 Å². The normalized spacial score (nSPS) is 21.5. The first kappa shape index (κ1) is 21.7. The van der Waals surface area contributed by atoms with E-state index in [0.29, 0.717) is 23.6 Å². The number of nitriles is 1. The maximum Gasteiger partial charge on any atom is 0.266 e. The van der Waals surface area contributed by atoms with E-state index in [1.807, 2.05) is 49.4 Å². The summed E-state index contributed by atoms with van der Waals surface area (Å²) in [5.41, 5.74) is 2.55. The van der Waals surface area contributed by atoms with Gasteiger partial charge in [-0.3, -0.25) is 14.4 Å². The van der Waals surface area contributed by atoms with Gasteiger partial charge in [0.05, 0.1) is 35.7 Å². The summed E-state index contributed by atoms with van der Waals surface area (Å²) in [7, 11) is 0. The smallest absolute Gasteiger partial charge is 0.266 e. The van der Waals surface area contributed by atoms with Gasteiger partial charge in [0, 0.05) is 0 Å². The Labute approximate surface area is 197 Å². The molecule has 0 radical (unpaired) electrons. The van der Waals surface area contributed by atoms with Gasteiger partial charge in [-0.05, 0) is 60.5 Å². The van der Waals surface area contributed by atoms with E-state index in [4.69, 9.17) is 9.57 Å². The van der Waals surface area contributed by atoms with Gasteiger partial charge >= 0.3 is 0 Å². The molecule has 2 saturated heterocycles. The maximum atomic E-state index is 13.7. The minimum atomic E-state index is -0.940. The zero-order valence-electron chi connectivity index (χ0n) is 18.6. The van der Waals surface area contributed by atoms with Crippen LogP contribution in [0.25, 0.3) is 0 Å². The molecule has 34 heavy (non-hydrogen) atoms. The predicted molar refractivity (Wildman–Crippen MR) is 126 cm³/mol. The molecule has 3 atom stereocenters. The number of fused-ring (bicyclic) bond motifs is 1. The standard InChI is InChI=1S/C27H23N3O4/c1-2-16-33-22-14-12-20(13-15-22)29-26(31)23-24(19-10-8-18(17-28)9-11-19)30(34-25(23)27(29)32)21-6-4-3-5-7-21/h3-15,23-25H,2,16H2,1H3. The van der Waals surface area contributed by atoms with Crippen molar-refractivity contribution in [3.8, 4) is 11.8 Å². The average Bonchev–Trinajstić information content (AvgIpc) is 3.39. The van der Waals surface area contributed by atoms with Crippen LogP contribution < -0.4 is 14.7 Å². The summed E-state index contributed by atoms with van der Waals surface area (Å²) < 4.78 is 5.62. The first-order valence-corrected chi connectivity index (χ1v) is 11.2. The van der Waals surface area contributed by atoms with Crippen LogP contribution in [-0.2, 0) is 14.4 Å². The van der Waals surface area contributed by atoms with Gasteiger partial charge in [0.25, 0.3) is 5.91 Å². The number of hydroxylamine groups is 1. The molecule has 2 aliphatic rings. The second kappa shape index (κ2) is 9.00. The number of amides is 2. The van der Waals surface area contributed by atoms with Crippen LogP contribution in [0.15, 0.2) is 78.9 Å². The number of anilines is 2. The highest BCUT2D eigenvalue weighted by atomic mass is 16.7. The van der Waals surface area contributed by atoms with E-state index in [0.717, 1.165) is 17.7 Å². The van der Waals surface area contributed by atoms with E-state index < -0.39 is 24.0 Å². The van der Waals surface area contributed by atoms with Gasteiger partial charge in [-0.2, -0.15) is 5.26 Å². The highest BCUT2D eigenvalue weighted by Gasteiger charge is 2.60. The summed E-state index contributed by atoms with van der Waals surface area (Å²) in [5.74, 6) is -0.747. The molecule has 0 saturated carbocycles. The van der Waals surface area contributed by atoms with Gasteiger partial charge < -0.3 is 4.74 Å². The number of carbonyl (C=O) groups excluding carboxylic acids is 2.